The predicted molar refractivity (Wildman–Crippen MR) is 129 cm³/mol. The minimum Gasteiger partial charge on any atom is -0.192 e. The smallest absolute Gasteiger partial charge is 0.101 e. The Morgan fingerprint density at radius 3 is 1.32 bits per heavy atom. The van der Waals surface area contributed by atoms with Crippen molar-refractivity contribution >= 4 is 77.2 Å². The Morgan fingerprint density at radius 2 is 1.04 bits per heavy atom. The Hall–Kier alpha value is -1.26. The number of thiophene rings is 4. The van der Waals surface area contributed by atoms with Crippen LogP contribution >= 0.6 is 77.2 Å². The quantitative estimate of drug-likeness (QED) is 0.249. The first-order valence-corrected chi connectivity index (χ1v) is 12.9. The molecule has 0 unspecified atom stereocenters. The average Bonchev–Trinajstić information content (AvgIpc) is 3.39. The zero-order valence-corrected chi connectivity index (χ0v) is 21.0. The second-order valence-electron chi connectivity index (χ2n) is 6.06. The highest BCUT2D eigenvalue weighted by molar-refractivity contribution is 9.11. The third-order valence-corrected chi connectivity index (χ3v) is 10.4. The van der Waals surface area contributed by atoms with E-state index in [9.17, 15) is 10.5 Å². The number of hydrogen-bond acceptors (Lipinski definition) is 6. The van der Waals surface area contributed by atoms with Gasteiger partial charge >= 0.3 is 0 Å². The van der Waals surface area contributed by atoms with Gasteiger partial charge in [-0.05, 0) is 81.1 Å². The molecule has 0 atom stereocenters. The molecule has 0 saturated heterocycles. The predicted octanol–water partition coefficient (Wildman–Crippen LogP) is 8.82. The SMILES string of the molecule is Cc1cc(Br)sc1-c1cc(C#N)c(-c2sc(-c3sc(Br)cc3C)cc2C#N)s1. The van der Waals surface area contributed by atoms with E-state index in [1.165, 1.54) is 11.1 Å². The number of nitriles is 2. The topological polar surface area (TPSA) is 47.6 Å². The number of hydrogen-bond donors (Lipinski definition) is 0. The Bertz CT molecular complexity index is 1190. The molecule has 0 bridgehead atoms. The number of aryl methyl sites for hydroxylation is 2. The third kappa shape index (κ3) is 3.54. The first kappa shape index (κ1) is 20.0. The molecule has 0 aliphatic rings. The van der Waals surface area contributed by atoms with E-state index in [4.69, 9.17) is 0 Å². The second-order valence-corrected chi connectivity index (χ2v) is 13.0. The summed E-state index contributed by atoms with van der Waals surface area (Å²) in [5.74, 6) is 0. The average molecular weight is 566 g/mol. The second kappa shape index (κ2) is 7.87. The highest BCUT2D eigenvalue weighted by Gasteiger charge is 2.21. The lowest BCUT2D eigenvalue weighted by molar-refractivity contribution is 1.49. The van der Waals surface area contributed by atoms with Crippen LogP contribution in [0.25, 0.3) is 29.3 Å². The lowest BCUT2D eigenvalue weighted by atomic mass is 10.1. The van der Waals surface area contributed by atoms with Crippen molar-refractivity contribution in [1.29, 1.82) is 10.5 Å². The van der Waals surface area contributed by atoms with Gasteiger partial charge in [0.25, 0.3) is 0 Å². The van der Waals surface area contributed by atoms with E-state index in [0.29, 0.717) is 11.1 Å². The van der Waals surface area contributed by atoms with Crippen molar-refractivity contribution < 1.29 is 0 Å². The molecule has 0 saturated carbocycles. The van der Waals surface area contributed by atoms with Crippen LogP contribution in [0, 0.1) is 36.5 Å². The number of rotatable bonds is 3. The van der Waals surface area contributed by atoms with Crippen molar-refractivity contribution in [1.82, 2.24) is 0 Å². The number of halogens is 2. The van der Waals surface area contributed by atoms with Crippen LogP contribution in [0.1, 0.15) is 22.3 Å². The fourth-order valence-electron chi connectivity index (χ4n) is 2.88. The molecule has 0 amide bonds. The van der Waals surface area contributed by atoms with Gasteiger partial charge in [-0.3, -0.25) is 0 Å². The van der Waals surface area contributed by atoms with Crippen molar-refractivity contribution in [3.05, 3.63) is 54.1 Å². The van der Waals surface area contributed by atoms with Crippen LogP contribution in [-0.2, 0) is 0 Å². The Kier molecular flexibility index (Phi) is 5.63. The first-order chi connectivity index (χ1) is 13.4. The molecule has 0 aliphatic carbocycles. The molecule has 4 aromatic rings. The lowest BCUT2D eigenvalue weighted by Crippen LogP contribution is -1.75. The molecule has 4 heterocycles. The molecule has 28 heavy (non-hydrogen) atoms. The highest BCUT2D eigenvalue weighted by atomic mass is 79.9. The Morgan fingerprint density at radius 1 is 0.643 bits per heavy atom. The van der Waals surface area contributed by atoms with Gasteiger partial charge in [0.15, 0.2) is 0 Å². The molecule has 0 N–H and O–H groups in total. The van der Waals surface area contributed by atoms with Crippen LogP contribution in [0.4, 0.5) is 0 Å². The van der Waals surface area contributed by atoms with Crippen molar-refractivity contribution in [2.45, 2.75) is 13.8 Å². The van der Waals surface area contributed by atoms with Gasteiger partial charge in [0.05, 0.1) is 28.5 Å². The van der Waals surface area contributed by atoms with Gasteiger partial charge in [0.1, 0.15) is 12.1 Å². The van der Waals surface area contributed by atoms with E-state index in [1.54, 1.807) is 45.3 Å². The molecule has 138 valence electrons. The van der Waals surface area contributed by atoms with Crippen molar-refractivity contribution in [3.63, 3.8) is 0 Å². The van der Waals surface area contributed by atoms with Crippen LogP contribution in [0.5, 0.6) is 0 Å². The first-order valence-electron chi connectivity index (χ1n) is 8.02. The zero-order valence-electron chi connectivity index (χ0n) is 14.6. The highest BCUT2D eigenvalue weighted by Crippen LogP contribution is 2.48. The maximum Gasteiger partial charge on any atom is 0.101 e. The summed E-state index contributed by atoms with van der Waals surface area (Å²) in [4.78, 5) is 6.20. The fraction of sp³-hybridized carbons (Fsp3) is 0.100. The lowest BCUT2D eigenvalue weighted by Gasteiger charge is -1.96. The number of nitrogens with zero attached hydrogens (tertiary/aromatic N) is 2. The van der Waals surface area contributed by atoms with Gasteiger partial charge in [0.2, 0.25) is 0 Å². The summed E-state index contributed by atoms with van der Waals surface area (Å²) < 4.78 is 2.15. The van der Waals surface area contributed by atoms with Gasteiger partial charge in [-0.2, -0.15) is 10.5 Å². The molecular formula is C20H10Br2N2S4. The van der Waals surface area contributed by atoms with E-state index in [-0.39, 0.29) is 0 Å². The van der Waals surface area contributed by atoms with Crippen LogP contribution < -0.4 is 0 Å². The molecule has 0 radical (unpaired) electrons. The van der Waals surface area contributed by atoms with Gasteiger partial charge in [-0.15, -0.1) is 45.3 Å². The summed E-state index contributed by atoms with van der Waals surface area (Å²) in [6.07, 6.45) is 0. The summed E-state index contributed by atoms with van der Waals surface area (Å²) in [6, 6.07) is 12.7. The molecule has 0 fully saturated rings. The summed E-state index contributed by atoms with van der Waals surface area (Å²) >= 11 is 13.6. The summed E-state index contributed by atoms with van der Waals surface area (Å²) in [5, 5.41) is 19.4. The standard InChI is InChI=1S/C20H10Br2N2S4/c1-9-3-15(21)27-17(9)13-5-11(7-23)19(25-13)20-12(8-24)6-14(26-20)18-10(2)4-16(22)28-18/h3-6H,1-2H3. The van der Waals surface area contributed by atoms with Gasteiger partial charge in [0, 0.05) is 19.5 Å². The summed E-state index contributed by atoms with van der Waals surface area (Å²) in [7, 11) is 0. The molecule has 2 nitrogen and oxygen atoms in total. The van der Waals surface area contributed by atoms with Gasteiger partial charge < -0.3 is 0 Å². The maximum absolute atomic E-state index is 9.72. The van der Waals surface area contributed by atoms with Gasteiger partial charge in [-0.25, -0.2) is 0 Å². The van der Waals surface area contributed by atoms with E-state index in [0.717, 1.165) is 36.8 Å². The largest absolute Gasteiger partial charge is 0.192 e. The van der Waals surface area contributed by atoms with Crippen molar-refractivity contribution in [2.24, 2.45) is 0 Å². The van der Waals surface area contributed by atoms with E-state index >= 15 is 0 Å². The van der Waals surface area contributed by atoms with Crippen molar-refractivity contribution in [3.8, 4) is 41.4 Å². The van der Waals surface area contributed by atoms with Crippen LogP contribution in [0.15, 0.2) is 31.8 Å². The van der Waals surface area contributed by atoms with Crippen LogP contribution in [-0.4, -0.2) is 0 Å². The molecule has 0 aliphatic heterocycles. The maximum atomic E-state index is 9.72. The van der Waals surface area contributed by atoms with E-state index in [1.807, 2.05) is 12.1 Å². The van der Waals surface area contributed by atoms with Crippen LogP contribution in [0.2, 0.25) is 0 Å². The zero-order chi connectivity index (χ0) is 20.0. The summed E-state index contributed by atoms with van der Waals surface area (Å²) in [6.45, 7) is 4.15. The minimum atomic E-state index is 0.623. The molecule has 0 spiro atoms. The van der Waals surface area contributed by atoms with Crippen molar-refractivity contribution in [2.75, 3.05) is 0 Å². The van der Waals surface area contributed by atoms with Crippen LogP contribution in [0.3, 0.4) is 0 Å². The van der Waals surface area contributed by atoms with Gasteiger partial charge in [-0.1, -0.05) is 0 Å². The normalized spacial score (nSPS) is 10.8. The molecular weight excluding hydrogens is 556 g/mol. The fourth-order valence-corrected chi connectivity index (χ4v) is 9.05. The van der Waals surface area contributed by atoms with E-state index < -0.39 is 0 Å². The third-order valence-electron chi connectivity index (χ3n) is 4.13. The Labute approximate surface area is 195 Å². The monoisotopic (exact) mass is 564 g/mol. The molecule has 4 rings (SSSR count). The molecule has 8 heteroatoms. The molecule has 4 aromatic heterocycles. The summed E-state index contributed by atoms with van der Waals surface area (Å²) in [5.41, 5.74) is 3.61. The minimum absolute atomic E-state index is 0.623. The van der Waals surface area contributed by atoms with E-state index in [2.05, 4.69) is 70.0 Å². The Balaban J connectivity index is 1.88. The molecule has 0 aromatic carbocycles.